The first kappa shape index (κ1) is 16.9. The number of nitrogens with two attached hydrogens (primary N) is 2. The minimum atomic E-state index is 0.760. The van der Waals surface area contributed by atoms with E-state index in [1.807, 2.05) is 36.4 Å². The van der Waals surface area contributed by atoms with Gasteiger partial charge in [0.1, 0.15) is 0 Å². The molecular formula is C25H22N2. The van der Waals surface area contributed by atoms with E-state index in [1.54, 1.807) is 0 Å². The molecule has 0 fully saturated rings. The highest BCUT2D eigenvalue weighted by atomic mass is 14.6. The van der Waals surface area contributed by atoms with Gasteiger partial charge >= 0.3 is 0 Å². The average molecular weight is 350 g/mol. The van der Waals surface area contributed by atoms with Crippen LogP contribution in [0.2, 0.25) is 0 Å². The van der Waals surface area contributed by atoms with Crippen molar-refractivity contribution in [1.82, 2.24) is 0 Å². The van der Waals surface area contributed by atoms with E-state index in [0.29, 0.717) is 0 Å². The molecule has 0 aliphatic rings. The molecule has 0 heterocycles. The Balaban J connectivity index is 2.04. The number of rotatable bonds is 3. The Morgan fingerprint density at radius 1 is 0.556 bits per heavy atom. The highest BCUT2D eigenvalue weighted by Gasteiger charge is 2.17. The van der Waals surface area contributed by atoms with Gasteiger partial charge in [0.25, 0.3) is 0 Å². The van der Waals surface area contributed by atoms with E-state index >= 15 is 0 Å². The first-order valence-electron chi connectivity index (χ1n) is 9.05. The molecule has 132 valence electrons. The van der Waals surface area contributed by atoms with E-state index in [1.165, 1.54) is 0 Å². The van der Waals surface area contributed by atoms with E-state index in [-0.39, 0.29) is 0 Å². The molecule has 0 radical (unpaired) electrons. The second-order valence-electron chi connectivity index (χ2n) is 6.74. The normalized spacial score (nSPS) is 10.7. The van der Waals surface area contributed by atoms with Gasteiger partial charge in [0, 0.05) is 16.9 Å². The monoisotopic (exact) mass is 350 g/mol. The van der Waals surface area contributed by atoms with Crippen molar-refractivity contribution < 1.29 is 0 Å². The van der Waals surface area contributed by atoms with Crippen LogP contribution in [0.1, 0.15) is 5.56 Å². The van der Waals surface area contributed by atoms with Crippen LogP contribution in [0.3, 0.4) is 0 Å². The molecule has 2 heteroatoms. The summed E-state index contributed by atoms with van der Waals surface area (Å²) >= 11 is 0. The molecule has 0 saturated carbocycles. The van der Waals surface area contributed by atoms with Crippen LogP contribution >= 0.6 is 0 Å². The molecule has 4 aromatic rings. The Labute approximate surface area is 160 Å². The van der Waals surface area contributed by atoms with Crippen LogP contribution in [0.15, 0.2) is 91.0 Å². The first-order valence-corrected chi connectivity index (χ1v) is 9.05. The third-order valence-corrected chi connectivity index (χ3v) is 5.00. The molecule has 2 nitrogen and oxygen atoms in total. The molecule has 4 rings (SSSR count). The second kappa shape index (κ2) is 7.00. The summed E-state index contributed by atoms with van der Waals surface area (Å²) < 4.78 is 0. The number of hydrogen-bond acceptors (Lipinski definition) is 2. The van der Waals surface area contributed by atoms with Gasteiger partial charge in [0.05, 0.1) is 0 Å². The van der Waals surface area contributed by atoms with E-state index in [0.717, 1.165) is 50.3 Å². The fourth-order valence-electron chi connectivity index (χ4n) is 3.56. The lowest BCUT2D eigenvalue weighted by Crippen LogP contribution is -1.99. The van der Waals surface area contributed by atoms with E-state index < -0.39 is 0 Å². The predicted octanol–water partition coefficient (Wildman–Crippen LogP) is 6.16. The maximum absolute atomic E-state index is 6.60. The Morgan fingerprint density at radius 3 is 1.67 bits per heavy atom. The highest BCUT2D eigenvalue weighted by molar-refractivity contribution is 5.95. The van der Waals surface area contributed by atoms with Crippen LogP contribution in [0, 0.1) is 6.92 Å². The molecule has 0 atom stereocenters. The molecule has 0 aliphatic heterocycles. The molecule has 0 aliphatic carbocycles. The van der Waals surface area contributed by atoms with E-state index in [2.05, 4.69) is 61.5 Å². The van der Waals surface area contributed by atoms with Crippen LogP contribution < -0.4 is 11.5 Å². The van der Waals surface area contributed by atoms with Crippen molar-refractivity contribution >= 4 is 11.4 Å². The molecule has 0 saturated heterocycles. The zero-order chi connectivity index (χ0) is 18.8. The van der Waals surface area contributed by atoms with Crippen LogP contribution in [0.4, 0.5) is 11.4 Å². The van der Waals surface area contributed by atoms with Crippen LogP contribution in [0.5, 0.6) is 0 Å². The summed E-state index contributed by atoms with van der Waals surface area (Å²) in [5, 5.41) is 0. The minimum absolute atomic E-state index is 0.760. The lowest BCUT2D eigenvalue weighted by Gasteiger charge is -2.19. The fraction of sp³-hybridized carbons (Fsp3) is 0.0400. The van der Waals surface area contributed by atoms with Gasteiger partial charge in [-0.25, -0.2) is 0 Å². The van der Waals surface area contributed by atoms with Crippen LogP contribution in [-0.2, 0) is 0 Å². The Bertz CT molecular complexity index is 1070. The van der Waals surface area contributed by atoms with Crippen molar-refractivity contribution in [2.45, 2.75) is 6.92 Å². The molecular weight excluding hydrogens is 328 g/mol. The van der Waals surface area contributed by atoms with Gasteiger partial charge in [-0.3, -0.25) is 0 Å². The fourth-order valence-corrected chi connectivity index (χ4v) is 3.56. The summed E-state index contributed by atoms with van der Waals surface area (Å²) in [5.41, 5.74) is 22.0. The van der Waals surface area contributed by atoms with E-state index in [4.69, 9.17) is 11.5 Å². The van der Waals surface area contributed by atoms with Crippen LogP contribution in [0.25, 0.3) is 33.4 Å². The number of anilines is 2. The Hall–Kier alpha value is -3.52. The molecule has 0 spiro atoms. The molecule has 27 heavy (non-hydrogen) atoms. The molecule has 0 bridgehead atoms. The minimum Gasteiger partial charge on any atom is -0.399 e. The lowest BCUT2D eigenvalue weighted by molar-refractivity contribution is 1.44. The summed E-state index contributed by atoms with van der Waals surface area (Å²) in [6.07, 6.45) is 0. The zero-order valence-corrected chi connectivity index (χ0v) is 15.3. The highest BCUT2D eigenvalue weighted by Crippen LogP contribution is 2.42. The summed E-state index contributed by atoms with van der Waals surface area (Å²) in [5.74, 6) is 0. The smallest absolute Gasteiger partial charge is 0.0430 e. The van der Waals surface area contributed by atoms with E-state index in [9.17, 15) is 0 Å². The topological polar surface area (TPSA) is 52.0 Å². The maximum Gasteiger partial charge on any atom is 0.0430 e. The van der Waals surface area contributed by atoms with Gasteiger partial charge in [-0.15, -0.1) is 0 Å². The van der Waals surface area contributed by atoms with Crippen molar-refractivity contribution in [3.05, 3.63) is 96.6 Å². The molecule has 0 aromatic heterocycles. The first-order chi connectivity index (χ1) is 13.1. The second-order valence-corrected chi connectivity index (χ2v) is 6.74. The van der Waals surface area contributed by atoms with Gasteiger partial charge in [0.2, 0.25) is 0 Å². The quantitative estimate of drug-likeness (QED) is 0.435. The molecule has 4 aromatic carbocycles. The average Bonchev–Trinajstić information content (AvgIpc) is 2.72. The molecule has 0 unspecified atom stereocenters. The van der Waals surface area contributed by atoms with Gasteiger partial charge in [0.15, 0.2) is 0 Å². The lowest BCUT2D eigenvalue weighted by atomic mass is 9.86. The summed E-state index contributed by atoms with van der Waals surface area (Å²) in [6.45, 7) is 2.10. The number of benzene rings is 4. The number of hydrogen-bond donors (Lipinski definition) is 2. The summed E-state index contributed by atoms with van der Waals surface area (Å²) in [4.78, 5) is 0. The van der Waals surface area contributed by atoms with Crippen molar-refractivity contribution in [2.24, 2.45) is 0 Å². The SMILES string of the molecule is Cc1c(N)c(-c2ccccc2)cc(-c2ccc(N)cc2)c1-c1ccccc1. The summed E-state index contributed by atoms with van der Waals surface area (Å²) in [6, 6.07) is 30.9. The zero-order valence-electron chi connectivity index (χ0n) is 15.3. The van der Waals surface area contributed by atoms with Crippen molar-refractivity contribution in [1.29, 1.82) is 0 Å². The predicted molar refractivity (Wildman–Crippen MR) is 116 cm³/mol. The largest absolute Gasteiger partial charge is 0.399 e. The van der Waals surface area contributed by atoms with Crippen molar-refractivity contribution in [3.63, 3.8) is 0 Å². The standard InChI is InChI=1S/C25H22N2/c1-17-24(20-10-6-3-7-11-20)22(19-12-14-21(26)15-13-19)16-23(25(17)27)18-8-4-2-5-9-18/h2-16H,26-27H2,1H3. The third-order valence-electron chi connectivity index (χ3n) is 5.00. The molecule has 4 N–H and O–H groups in total. The van der Waals surface area contributed by atoms with Gasteiger partial charge < -0.3 is 11.5 Å². The summed E-state index contributed by atoms with van der Waals surface area (Å²) in [7, 11) is 0. The van der Waals surface area contributed by atoms with Crippen molar-refractivity contribution in [2.75, 3.05) is 11.5 Å². The number of nitrogen functional groups attached to an aromatic ring is 2. The van der Waals surface area contributed by atoms with Gasteiger partial charge in [-0.05, 0) is 58.5 Å². The van der Waals surface area contributed by atoms with Crippen molar-refractivity contribution in [3.8, 4) is 33.4 Å². The third kappa shape index (κ3) is 3.18. The Morgan fingerprint density at radius 2 is 1.07 bits per heavy atom. The maximum atomic E-state index is 6.60. The Kier molecular flexibility index (Phi) is 4.39. The van der Waals surface area contributed by atoms with Crippen LogP contribution in [-0.4, -0.2) is 0 Å². The molecule has 0 amide bonds. The van der Waals surface area contributed by atoms with Gasteiger partial charge in [-0.1, -0.05) is 72.8 Å². The van der Waals surface area contributed by atoms with Gasteiger partial charge in [-0.2, -0.15) is 0 Å².